The molecule has 1 atom stereocenters. The zero-order chi connectivity index (χ0) is 16.9. The maximum Gasteiger partial charge on any atom is 0.306 e. The van der Waals surface area contributed by atoms with Gasteiger partial charge in [0.05, 0.1) is 12.0 Å². The van der Waals surface area contributed by atoms with Crippen LogP contribution in [0.4, 0.5) is 0 Å². The molecular formula is C19H26N2O3. The maximum atomic E-state index is 12.7. The van der Waals surface area contributed by atoms with Crippen LogP contribution in [0.2, 0.25) is 0 Å². The van der Waals surface area contributed by atoms with E-state index in [0.717, 1.165) is 38.8 Å². The second-order valence-electron chi connectivity index (χ2n) is 7.01. The van der Waals surface area contributed by atoms with Gasteiger partial charge in [0, 0.05) is 12.6 Å². The number of rotatable bonds is 5. The molecule has 0 bridgehead atoms. The smallest absolute Gasteiger partial charge is 0.306 e. The number of hydrogen-bond acceptors (Lipinski definition) is 3. The Bertz CT molecular complexity index is 567. The Morgan fingerprint density at radius 1 is 1.08 bits per heavy atom. The van der Waals surface area contributed by atoms with Gasteiger partial charge in [-0.15, -0.1) is 0 Å². The molecule has 24 heavy (non-hydrogen) atoms. The van der Waals surface area contributed by atoms with E-state index in [-0.39, 0.29) is 23.9 Å². The summed E-state index contributed by atoms with van der Waals surface area (Å²) in [5.74, 6) is -0.828. The number of aliphatic carboxylic acids is 1. The molecule has 1 amide bonds. The lowest BCUT2D eigenvalue weighted by molar-refractivity contribution is -0.142. The first kappa shape index (κ1) is 17.0. The average molecular weight is 330 g/mol. The van der Waals surface area contributed by atoms with Crippen LogP contribution in [0.15, 0.2) is 30.3 Å². The highest BCUT2D eigenvalue weighted by Crippen LogP contribution is 2.26. The topological polar surface area (TPSA) is 69.6 Å². The molecule has 1 saturated carbocycles. The number of carbonyl (C=O) groups is 2. The molecular weight excluding hydrogens is 304 g/mol. The molecule has 0 spiro atoms. The Morgan fingerprint density at radius 2 is 1.79 bits per heavy atom. The van der Waals surface area contributed by atoms with Gasteiger partial charge in [-0.2, -0.15) is 0 Å². The molecule has 1 heterocycles. The number of nitrogens with zero attached hydrogens (tertiary/aromatic N) is 1. The minimum atomic E-state index is -0.704. The van der Waals surface area contributed by atoms with E-state index in [1.54, 1.807) is 0 Å². The summed E-state index contributed by atoms with van der Waals surface area (Å²) in [6.07, 6.45) is 4.83. The van der Waals surface area contributed by atoms with Gasteiger partial charge in [-0.3, -0.25) is 14.5 Å². The zero-order valence-electron chi connectivity index (χ0n) is 14.0. The normalized spacial score (nSPS) is 27.8. The molecule has 1 aromatic rings. The molecule has 3 rings (SSSR count). The van der Waals surface area contributed by atoms with Gasteiger partial charge in [-0.05, 0) is 50.6 Å². The van der Waals surface area contributed by atoms with Crippen molar-refractivity contribution in [3.05, 3.63) is 35.9 Å². The molecule has 1 saturated heterocycles. The molecule has 1 aliphatic heterocycles. The average Bonchev–Trinajstić information content (AvgIpc) is 3.04. The van der Waals surface area contributed by atoms with Crippen molar-refractivity contribution in [3.8, 4) is 0 Å². The summed E-state index contributed by atoms with van der Waals surface area (Å²) in [6, 6.07) is 10.3. The van der Waals surface area contributed by atoms with Gasteiger partial charge in [-0.25, -0.2) is 0 Å². The van der Waals surface area contributed by atoms with Gasteiger partial charge in [0.25, 0.3) is 0 Å². The van der Waals surface area contributed by atoms with Gasteiger partial charge in [0.1, 0.15) is 0 Å². The van der Waals surface area contributed by atoms with E-state index in [0.29, 0.717) is 12.8 Å². The molecule has 0 radical (unpaired) electrons. The Morgan fingerprint density at radius 3 is 2.46 bits per heavy atom. The van der Waals surface area contributed by atoms with Crippen LogP contribution in [0.1, 0.15) is 44.1 Å². The molecule has 5 nitrogen and oxygen atoms in total. The van der Waals surface area contributed by atoms with Gasteiger partial charge in [-0.1, -0.05) is 30.3 Å². The minimum absolute atomic E-state index is 0.0533. The lowest BCUT2D eigenvalue weighted by Gasteiger charge is -2.30. The summed E-state index contributed by atoms with van der Waals surface area (Å²) >= 11 is 0. The highest BCUT2D eigenvalue weighted by molar-refractivity contribution is 5.82. The number of carboxylic acid groups (broad SMARTS) is 1. The largest absolute Gasteiger partial charge is 0.481 e. The van der Waals surface area contributed by atoms with Crippen molar-refractivity contribution in [3.63, 3.8) is 0 Å². The van der Waals surface area contributed by atoms with E-state index in [2.05, 4.69) is 22.3 Å². The first-order valence-electron chi connectivity index (χ1n) is 8.94. The van der Waals surface area contributed by atoms with E-state index in [9.17, 15) is 9.59 Å². The van der Waals surface area contributed by atoms with Crippen LogP contribution in [0, 0.1) is 5.92 Å². The Hall–Kier alpha value is -1.88. The highest BCUT2D eigenvalue weighted by Gasteiger charge is 2.33. The Labute approximate surface area is 143 Å². The fraction of sp³-hybridized carbons (Fsp3) is 0.579. The first-order valence-corrected chi connectivity index (χ1v) is 8.94. The molecule has 2 N–H and O–H groups in total. The molecule has 1 aliphatic carbocycles. The van der Waals surface area contributed by atoms with Crippen molar-refractivity contribution in [1.29, 1.82) is 0 Å². The van der Waals surface area contributed by atoms with Gasteiger partial charge in [0.2, 0.25) is 5.91 Å². The van der Waals surface area contributed by atoms with E-state index < -0.39 is 5.97 Å². The van der Waals surface area contributed by atoms with Gasteiger partial charge < -0.3 is 10.4 Å². The van der Waals surface area contributed by atoms with E-state index in [4.69, 9.17) is 5.11 Å². The van der Waals surface area contributed by atoms with Crippen molar-refractivity contribution in [1.82, 2.24) is 10.2 Å². The van der Waals surface area contributed by atoms with Crippen LogP contribution in [0.25, 0.3) is 0 Å². The van der Waals surface area contributed by atoms with Crippen LogP contribution >= 0.6 is 0 Å². The summed E-state index contributed by atoms with van der Waals surface area (Å²) in [5.41, 5.74) is 1.24. The van der Waals surface area contributed by atoms with Crippen molar-refractivity contribution in [2.24, 2.45) is 5.92 Å². The number of amides is 1. The van der Waals surface area contributed by atoms with Crippen molar-refractivity contribution in [2.45, 2.75) is 57.2 Å². The third kappa shape index (κ3) is 4.15. The molecule has 130 valence electrons. The summed E-state index contributed by atoms with van der Waals surface area (Å²) in [4.78, 5) is 25.9. The molecule has 0 aromatic heterocycles. The van der Waals surface area contributed by atoms with E-state index in [1.807, 2.05) is 18.2 Å². The zero-order valence-corrected chi connectivity index (χ0v) is 14.0. The minimum Gasteiger partial charge on any atom is -0.481 e. The number of carbonyl (C=O) groups excluding carboxylic acids is 1. The maximum absolute atomic E-state index is 12.7. The SMILES string of the molecule is O=C(O)C1CCC(NC(=O)[C@@H]2CCCN2Cc2ccccc2)CC1. The van der Waals surface area contributed by atoms with Crippen LogP contribution in [0.3, 0.4) is 0 Å². The Balaban J connectivity index is 1.52. The number of hydrogen-bond donors (Lipinski definition) is 2. The van der Waals surface area contributed by atoms with Gasteiger partial charge in [0.15, 0.2) is 0 Å². The van der Waals surface area contributed by atoms with Crippen LogP contribution in [-0.4, -0.2) is 40.5 Å². The molecule has 2 fully saturated rings. The third-order valence-corrected chi connectivity index (χ3v) is 5.32. The predicted molar refractivity (Wildman–Crippen MR) is 91.4 cm³/mol. The van der Waals surface area contributed by atoms with Crippen molar-refractivity contribution >= 4 is 11.9 Å². The lowest BCUT2D eigenvalue weighted by Crippen LogP contribution is -2.47. The first-order chi connectivity index (χ1) is 11.6. The Kier molecular flexibility index (Phi) is 5.51. The number of carboxylic acids is 1. The fourth-order valence-corrected chi connectivity index (χ4v) is 3.91. The van der Waals surface area contributed by atoms with Gasteiger partial charge >= 0.3 is 5.97 Å². The highest BCUT2D eigenvalue weighted by atomic mass is 16.4. The lowest BCUT2D eigenvalue weighted by atomic mass is 9.86. The molecule has 2 aliphatic rings. The molecule has 5 heteroatoms. The third-order valence-electron chi connectivity index (χ3n) is 5.32. The quantitative estimate of drug-likeness (QED) is 0.870. The van der Waals surface area contributed by atoms with Crippen molar-refractivity contribution < 1.29 is 14.7 Å². The van der Waals surface area contributed by atoms with E-state index >= 15 is 0 Å². The van der Waals surface area contributed by atoms with Crippen LogP contribution in [-0.2, 0) is 16.1 Å². The van der Waals surface area contributed by atoms with Crippen LogP contribution < -0.4 is 5.32 Å². The summed E-state index contributed by atoms with van der Waals surface area (Å²) in [5, 5.41) is 12.2. The monoisotopic (exact) mass is 330 g/mol. The number of likely N-dealkylation sites (tertiary alicyclic amines) is 1. The van der Waals surface area contributed by atoms with Crippen LogP contribution in [0.5, 0.6) is 0 Å². The fourth-order valence-electron chi connectivity index (χ4n) is 3.91. The summed E-state index contributed by atoms with van der Waals surface area (Å²) < 4.78 is 0. The van der Waals surface area contributed by atoms with E-state index in [1.165, 1.54) is 5.56 Å². The second-order valence-corrected chi connectivity index (χ2v) is 7.01. The predicted octanol–water partition coefficient (Wildman–Crippen LogP) is 2.41. The summed E-state index contributed by atoms with van der Waals surface area (Å²) in [7, 11) is 0. The second kappa shape index (κ2) is 7.79. The van der Waals surface area contributed by atoms with Crippen molar-refractivity contribution in [2.75, 3.05) is 6.54 Å². The summed E-state index contributed by atoms with van der Waals surface area (Å²) in [6.45, 7) is 1.77. The molecule has 1 aromatic carbocycles. The number of nitrogens with one attached hydrogen (secondary N) is 1. The standard InChI is InChI=1S/C19H26N2O3/c22-18(20-16-10-8-15(9-11-16)19(23)24)17-7-4-12-21(17)13-14-5-2-1-3-6-14/h1-3,5-6,15-17H,4,7-13H2,(H,20,22)(H,23,24)/t15?,16?,17-/m0/s1. The molecule has 0 unspecified atom stereocenters. The number of benzene rings is 1.